The fraction of sp³-hybridized carbons (Fsp3) is 0.857. The minimum absolute atomic E-state index is 0. The summed E-state index contributed by atoms with van der Waals surface area (Å²) in [6.45, 7) is 16.1. The molecule has 4 aliphatic rings. The summed E-state index contributed by atoms with van der Waals surface area (Å²) in [7, 11) is 2.95. The summed E-state index contributed by atoms with van der Waals surface area (Å²) in [4.78, 5) is 26.0. The molecule has 0 saturated carbocycles. The number of hydrogen-bond donors (Lipinski definition) is 4. The lowest BCUT2D eigenvalue weighted by molar-refractivity contribution is -0.925. The molecule has 326 valence electrons. The van der Waals surface area contributed by atoms with Crippen LogP contribution in [0.3, 0.4) is 0 Å². The number of methoxy groups -OCH3 is 2. The smallest absolute Gasteiger partial charge is 0.341 e. The largest absolute Gasteiger partial charge is 1.00 e. The highest BCUT2D eigenvalue weighted by atomic mass is 79.9. The number of carbonyl (C=O) groups excluding carboxylic acids is 2. The van der Waals surface area contributed by atoms with Crippen LogP contribution in [0.2, 0.25) is 0 Å². The number of aliphatic hydroxyl groups is 4. The molecule has 10 atom stereocenters. The average Bonchev–Trinajstić information content (AvgIpc) is 3.89. The van der Waals surface area contributed by atoms with Crippen molar-refractivity contribution < 1.29 is 91.9 Å². The third kappa shape index (κ3) is 10.7. The Kier molecular flexibility index (Phi) is 20.2. The van der Waals surface area contributed by atoms with Gasteiger partial charge in [-0.3, -0.25) is 0 Å². The Bertz CT molecular complexity index is 1240. The minimum Gasteiger partial charge on any atom is -1.00 e. The molecule has 4 heterocycles. The average molecular weight is 927 g/mol. The van der Waals surface area contributed by atoms with Gasteiger partial charge in [-0.05, 0) is 63.5 Å². The lowest BCUT2D eigenvalue weighted by Crippen LogP contribution is -3.00. The van der Waals surface area contributed by atoms with Crippen LogP contribution in [0.4, 0.5) is 0 Å². The van der Waals surface area contributed by atoms with Gasteiger partial charge in [0.15, 0.2) is 11.2 Å². The Morgan fingerprint density at radius 1 is 0.643 bits per heavy atom. The van der Waals surface area contributed by atoms with Crippen LogP contribution in [-0.4, -0.2) is 156 Å². The number of nitrogens with zero attached hydrogens (tertiary/aromatic N) is 2. The summed E-state index contributed by atoms with van der Waals surface area (Å²) < 4.78 is 23.6. The first-order chi connectivity index (χ1) is 25.5. The number of hydrogen-bond acceptors (Lipinski definition) is 10. The normalized spacial score (nSPS) is 30.0. The third-order valence-electron chi connectivity index (χ3n) is 13.9. The van der Waals surface area contributed by atoms with Crippen LogP contribution in [0.15, 0.2) is 23.3 Å². The van der Waals surface area contributed by atoms with Crippen molar-refractivity contribution in [3.05, 3.63) is 23.3 Å². The summed E-state index contributed by atoms with van der Waals surface area (Å²) in [5.74, 6) is -2.11. The molecule has 0 bridgehead atoms. The number of rotatable bonds is 23. The molecule has 4 aliphatic heterocycles. The van der Waals surface area contributed by atoms with Crippen molar-refractivity contribution in [2.45, 2.75) is 153 Å². The number of halogens is 2. The van der Waals surface area contributed by atoms with Gasteiger partial charge in [0.05, 0.1) is 51.5 Å². The van der Waals surface area contributed by atoms with E-state index in [0.29, 0.717) is 0 Å². The minimum atomic E-state index is -1.74. The Morgan fingerprint density at radius 3 is 1.27 bits per heavy atom. The first-order valence-corrected chi connectivity index (χ1v) is 20.8. The molecule has 56 heavy (non-hydrogen) atoms. The van der Waals surface area contributed by atoms with E-state index in [1.165, 1.54) is 39.9 Å². The number of ether oxygens (including phenoxy) is 4. The zero-order valence-corrected chi connectivity index (χ0v) is 38.6. The van der Waals surface area contributed by atoms with E-state index in [-0.39, 0.29) is 71.1 Å². The third-order valence-corrected chi connectivity index (χ3v) is 13.9. The van der Waals surface area contributed by atoms with Crippen LogP contribution < -0.4 is 34.0 Å². The maximum absolute atomic E-state index is 13.0. The van der Waals surface area contributed by atoms with Crippen molar-refractivity contribution in [3.8, 4) is 0 Å². The van der Waals surface area contributed by atoms with Crippen LogP contribution in [0.25, 0.3) is 0 Å². The molecule has 2 fully saturated rings. The number of quaternary nitrogens is 2. The van der Waals surface area contributed by atoms with Crippen molar-refractivity contribution in [1.82, 2.24) is 0 Å². The second kappa shape index (κ2) is 22.1. The number of aliphatic hydroxyl groups excluding tert-OH is 2. The monoisotopic (exact) mass is 924 g/mol. The van der Waals surface area contributed by atoms with Crippen molar-refractivity contribution in [3.63, 3.8) is 0 Å². The first kappa shape index (κ1) is 51.2. The molecule has 10 unspecified atom stereocenters. The maximum Gasteiger partial charge on any atom is 0.341 e. The van der Waals surface area contributed by atoms with Crippen molar-refractivity contribution in [1.29, 1.82) is 0 Å². The lowest BCUT2D eigenvalue weighted by atomic mass is 9.85. The topological polar surface area (TPSA) is 152 Å². The zero-order valence-electron chi connectivity index (χ0n) is 35.4. The molecule has 0 aromatic heterocycles. The molecule has 14 heteroatoms. The molecule has 0 spiro atoms. The number of unbranched alkanes of at least 4 members (excludes halogenated alkanes) is 7. The Balaban J connectivity index is 0.00000541. The van der Waals surface area contributed by atoms with Gasteiger partial charge >= 0.3 is 11.9 Å². The van der Waals surface area contributed by atoms with E-state index in [9.17, 15) is 30.0 Å². The van der Waals surface area contributed by atoms with Gasteiger partial charge in [-0.15, -0.1) is 0 Å². The maximum atomic E-state index is 13.0. The summed E-state index contributed by atoms with van der Waals surface area (Å²) in [5.41, 5.74) is -1.55. The molecule has 0 aromatic carbocycles. The Morgan fingerprint density at radius 2 is 0.964 bits per heavy atom. The zero-order chi connectivity index (χ0) is 39.9. The SMILES string of the molecule is COC(C)C(O)(C(=O)OCC1=CC[N+]2(CCCCCCCCCC[N+]34CC=C(COC(=O)C(O)(C(C)C)C(C)OC)C3C(O)CC4)CCC(O)C12)C(C)C.[Br-].[Br-]. The van der Waals surface area contributed by atoms with Crippen molar-refractivity contribution in [2.75, 3.05) is 66.7 Å². The van der Waals surface area contributed by atoms with Gasteiger partial charge in [0.1, 0.15) is 37.5 Å². The van der Waals surface area contributed by atoms with E-state index >= 15 is 0 Å². The summed E-state index contributed by atoms with van der Waals surface area (Å²) >= 11 is 0. The highest BCUT2D eigenvalue weighted by molar-refractivity contribution is 5.81. The van der Waals surface area contributed by atoms with Gasteiger partial charge in [0.25, 0.3) is 0 Å². The molecular formula is C42H74Br2N2O10. The van der Waals surface area contributed by atoms with E-state index in [1.807, 2.05) is 0 Å². The van der Waals surface area contributed by atoms with Crippen LogP contribution in [0.5, 0.6) is 0 Å². The summed E-state index contributed by atoms with van der Waals surface area (Å²) in [6, 6.07) is -0.113. The van der Waals surface area contributed by atoms with E-state index < -0.39 is 47.6 Å². The quantitative estimate of drug-likeness (QED) is 0.0386. The first-order valence-electron chi connectivity index (χ1n) is 20.8. The molecule has 4 rings (SSSR count). The molecule has 0 aromatic rings. The lowest BCUT2D eigenvalue weighted by Gasteiger charge is -2.37. The van der Waals surface area contributed by atoms with Crippen LogP contribution in [-0.2, 0) is 28.5 Å². The highest BCUT2D eigenvalue weighted by Gasteiger charge is 2.54. The molecule has 2 saturated heterocycles. The van der Waals surface area contributed by atoms with Crippen LogP contribution in [0.1, 0.15) is 106 Å². The van der Waals surface area contributed by atoms with Gasteiger partial charge in [-0.2, -0.15) is 0 Å². The molecule has 12 nitrogen and oxygen atoms in total. The highest BCUT2D eigenvalue weighted by Crippen LogP contribution is 2.40. The Hall–Kier alpha value is -0.940. The second-order valence-electron chi connectivity index (χ2n) is 17.6. The van der Waals surface area contributed by atoms with E-state index in [1.54, 1.807) is 41.5 Å². The van der Waals surface area contributed by atoms with Crippen molar-refractivity contribution in [2.24, 2.45) is 11.8 Å². The Labute approximate surface area is 357 Å². The van der Waals surface area contributed by atoms with Crippen molar-refractivity contribution >= 4 is 11.9 Å². The van der Waals surface area contributed by atoms with Gasteiger partial charge in [0.2, 0.25) is 0 Å². The molecule has 4 N–H and O–H groups in total. The van der Waals surface area contributed by atoms with Gasteiger partial charge in [-0.25, -0.2) is 9.59 Å². The van der Waals surface area contributed by atoms with E-state index in [2.05, 4.69) is 12.2 Å². The van der Waals surface area contributed by atoms with Crippen LogP contribution >= 0.6 is 0 Å². The molecule has 0 amide bonds. The van der Waals surface area contributed by atoms with Gasteiger partial charge < -0.3 is 82.3 Å². The van der Waals surface area contributed by atoms with Crippen LogP contribution in [0, 0.1) is 11.8 Å². The predicted octanol–water partition coefficient (Wildman–Crippen LogP) is -2.17. The fourth-order valence-corrected chi connectivity index (χ4v) is 10.1. The molecule has 0 radical (unpaired) electrons. The fourth-order valence-electron chi connectivity index (χ4n) is 10.1. The van der Waals surface area contributed by atoms with Gasteiger partial charge in [0, 0.05) is 38.2 Å². The van der Waals surface area contributed by atoms with Gasteiger partial charge in [-0.1, -0.05) is 53.4 Å². The second-order valence-corrected chi connectivity index (χ2v) is 17.6. The summed E-state index contributed by atoms with van der Waals surface area (Å²) in [6.07, 6.45) is 12.7. The number of fused-ring (bicyclic) bond motifs is 2. The van der Waals surface area contributed by atoms with E-state index in [0.717, 1.165) is 97.9 Å². The standard InChI is InChI=1S/C42H74N2O10.2BrH/c1-29(2)41(49,31(5)51-7)39(47)53-27-33-17-23-43(25-19-35(45)37(33)43)21-15-13-11-9-10-12-14-16-22-44-24-18-34(38(44)36(46)20-26-44)28-54-40(48)42(50,30(3)4)32(6)52-8;;/h17-18,29-32,35-38,45-46,49-50H,9-16,19-28H2,1-8H3;2*1H/q+2;;/p-2. The predicted molar refractivity (Wildman–Crippen MR) is 206 cm³/mol. The molecular weight excluding hydrogens is 852 g/mol. The molecule has 0 aliphatic carbocycles. The number of carbonyl (C=O) groups is 2. The van der Waals surface area contributed by atoms with E-state index in [4.69, 9.17) is 18.9 Å². The number of esters is 2. The summed E-state index contributed by atoms with van der Waals surface area (Å²) in [5, 5.41) is 44.1.